The minimum Gasteiger partial charge on any atom is -0.493 e. The van der Waals surface area contributed by atoms with Crippen LogP contribution in [0, 0.1) is 0 Å². The highest BCUT2D eigenvalue weighted by atomic mass is 32.2. The fourth-order valence-electron chi connectivity index (χ4n) is 2.40. The van der Waals surface area contributed by atoms with Crippen LogP contribution < -0.4 is 26.2 Å². The summed E-state index contributed by atoms with van der Waals surface area (Å²) in [6, 6.07) is 5.02. The summed E-state index contributed by atoms with van der Waals surface area (Å²) in [5, 5.41) is 2.72. The van der Waals surface area contributed by atoms with Crippen molar-refractivity contribution < 1.29 is 17.9 Å². The van der Waals surface area contributed by atoms with E-state index in [4.69, 9.17) is 16.2 Å². The summed E-state index contributed by atoms with van der Waals surface area (Å²) < 4.78 is 34.6. The van der Waals surface area contributed by atoms with Crippen LogP contribution in [0.3, 0.4) is 0 Å². The Morgan fingerprint density at radius 2 is 2.00 bits per heavy atom. The molecule has 0 fully saturated rings. The number of nitrogens with two attached hydrogens (primary N) is 2. The first-order valence-electron chi connectivity index (χ1n) is 8.04. The number of hydrogen-bond donors (Lipinski definition) is 4. The summed E-state index contributed by atoms with van der Waals surface area (Å²) in [6.45, 7) is 1.11. The van der Waals surface area contributed by atoms with Gasteiger partial charge in [-0.15, -0.1) is 4.40 Å². The number of nitrogens with one attached hydrogen (secondary N) is 2. The Morgan fingerprint density at radius 3 is 2.76 bits per heavy atom. The van der Waals surface area contributed by atoms with Crippen LogP contribution in [0.4, 0.5) is 5.69 Å². The van der Waals surface area contributed by atoms with Crippen LogP contribution in [-0.4, -0.2) is 39.9 Å². The topological polar surface area (TPSA) is 149 Å². The van der Waals surface area contributed by atoms with Gasteiger partial charge >= 0.3 is 10.2 Å². The molecule has 0 saturated carbocycles. The molecule has 0 aromatic heterocycles. The zero-order valence-electron chi connectivity index (χ0n) is 13.8. The molecule has 138 valence electrons. The van der Waals surface area contributed by atoms with E-state index in [0.29, 0.717) is 30.2 Å². The number of fused-ring (bicyclic) bond motifs is 1. The van der Waals surface area contributed by atoms with Crippen LogP contribution in [0.2, 0.25) is 0 Å². The smallest absolute Gasteiger partial charge is 0.344 e. The van der Waals surface area contributed by atoms with Crippen LogP contribution in [0.1, 0.15) is 31.2 Å². The molecular formula is C15H23N5O4S. The first kappa shape index (κ1) is 19.0. The third-order valence-electron chi connectivity index (χ3n) is 3.58. The Balaban J connectivity index is 1.77. The number of unbranched alkanes of at least 4 members (excludes halogenated alkanes) is 3. The van der Waals surface area contributed by atoms with Crippen molar-refractivity contribution >= 4 is 27.6 Å². The largest absolute Gasteiger partial charge is 0.493 e. The second-order valence-corrected chi connectivity index (χ2v) is 6.89. The Kier molecular flexibility index (Phi) is 6.59. The van der Waals surface area contributed by atoms with Crippen molar-refractivity contribution in [2.75, 3.05) is 24.4 Å². The van der Waals surface area contributed by atoms with E-state index in [-0.39, 0.29) is 18.3 Å². The molecule has 0 spiro atoms. The maximum Gasteiger partial charge on any atom is 0.344 e. The monoisotopic (exact) mass is 369 g/mol. The van der Waals surface area contributed by atoms with E-state index in [1.165, 1.54) is 0 Å². The number of ether oxygens (including phenoxy) is 1. The lowest BCUT2D eigenvalue weighted by molar-refractivity contribution is -0.119. The van der Waals surface area contributed by atoms with Crippen molar-refractivity contribution in [3.05, 3.63) is 23.8 Å². The molecule has 0 saturated heterocycles. The molecule has 0 bridgehead atoms. The van der Waals surface area contributed by atoms with Gasteiger partial charge in [0.05, 0.1) is 24.4 Å². The molecule has 0 radical (unpaired) electrons. The SMILES string of the molecule is NCC(=O)NCCCCCCOc1cccc2c1C(N)=NS(=O)(=O)N2. The van der Waals surface area contributed by atoms with Gasteiger partial charge in [0.25, 0.3) is 0 Å². The van der Waals surface area contributed by atoms with Crippen molar-refractivity contribution in [1.29, 1.82) is 0 Å². The van der Waals surface area contributed by atoms with Gasteiger partial charge < -0.3 is 21.5 Å². The molecule has 1 aliphatic heterocycles. The molecule has 1 aromatic carbocycles. The summed E-state index contributed by atoms with van der Waals surface area (Å²) in [5.74, 6) is 0.267. The Hall–Kier alpha value is -2.33. The number of rotatable bonds is 9. The zero-order valence-corrected chi connectivity index (χ0v) is 14.6. The molecule has 10 heteroatoms. The second-order valence-electron chi connectivity index (χ2n) is 5.55. The highest BCUT2D eigenvalue weighted by Gasteiger charge is 2.24. The summed E-state index contributed by atoms with van der Waals surface area (Å²) >= 11 is 0. The number of nitrogens with zero attached hydrogens (tertiary/aromatic N) is 1. The van der Waals surface area contributed by atoms with Gasteiger partial charge in [-0.05, 0) is 25.0 Å². The highest BCUT2D eigenvalue weighted by Crippen LogP contribution is 2.30. The third kappa shape index (κ3) is 5.61. The first-order chi connectivity index (χ1) is 11.9. The number of benzene rings is 1. The van der Waals surface area contributed by atoms with Crippen molar-refractivity contribution in [2.24, 2.45) is 15.9 Å². The van der Waals surface area contributed by atoms with Crippen molar-refractivity contribution in [1.82, 2.24) is 5.32 Å². The van der Waals surface area contributed by atoms with E-state index in [0.717, 1.165) is 25.7 Å². The number of carbonyl (C=O) groups excluding carboxylic acids is 1. The van der Waals surface area contributed by atoms with Gasteiger partial charge in [0.15, 0.2) is 5.84 Å². The molecular weight excluding hydrogens is 346 g/mol. The van der Waals surface area contributed by atoms with E-state index in [2.05, 4.69) is 14.4 Å². The molecule has 9 nitrogen and oxygen atoms in total. The lowest BCUT2D eigenvalue weighted by Gasteiger charge is -2.19. The predicted octanol–water partition coefficient (Wildman–Crippen LogP) is 0.0763. The first-order valence-corrected chi connectivity index (χ1v) is 9.48. The van der Waals surface area contributed by atoms with Gasteiger partial charge in [0, 0.05) is 6.54 Å². The summed E-state index contributed by atoms with van der Waals surface area (Å²) in [6.07, 6.45) is 3.62. The number of amidine groups is 1. The van der Waals surface area contributed by atoms with E-state index in [1.807, 2.05) is 0 Å². The molecule has 0 atom stereocenters. The van der Waals surface area contributed by atoms with Gasteiger partial charge in [-0.1, -0.05) is 18.9 Å². The van der Waals surface area contributed by atoms with E-state index in [9.17, 15) is 13.2 Å². The molecule has 1 amide bonds. The summed E-state index contributed by atoms with van der Waals surface area (Å²) in [7, 11) is -3.79. The Morgan fingerprint density at radius 1 is 1.24 bits per heavy atom. The quantitative estimate of drug-likeness (QED) is 0.453. The third-order valence-corrected chi connectivity index (χ3v) is 4.49. The minimum atomic E-state index is -3.79. The fourth-order valence-corrected chi connectivity index (χ4v) is 3.24. The van der Waals surface area contributed by atoms with Crippen LogP contribution in [-0.2, 0) is 15.0 Å². The molecule has 1 aliphatic rings. The van der Waals surface area contributed by atoms with Crippen molar-refractivity contribution in [3.8, 4) is 5.75 Å². The average Bonchev–Trinajstić information content (AvgIpc) is 2.55. The maximum atomic E-state index is 11.5. The van der Waals surface area contributed by atoms with Gasteiger partial charge in [0.1, 0.15) is 5.75 Å². The molecule has 0 unspecified atom stereocenters. The van der Waals surface area contributed by atoms with Crippen LogP contribution in [0.15, 0.2) is 22.6 Å². The second kappa shape index (κ2) is 8.67. The number of carbonyl (C=O) groups is 1. The Bertz CT molecular complexity index is 748. The number of anilines is 1. The molecule has 25 heavy (non-hydrogen) atoms. The van der Waals surface area contributed by atoms with Crippen LogP contribution >= 0.6 is 0 Å². The average molecular weight is 369 g/mol. The highest BCUT2D eigenvalue weighted by molar-refractivity contribution is 7.91. The van der Waals surface area contributed by atoms with E-state index >= 15 is 0 Å². The maximum absolute atomic E-state index is 11.5. The van der Waals surface area contributed by atoms with E-state index in [1.54, 1.807) is 18.2 Å². The fraction of sp³-hybridized carbons (Fsp3) is 0.467. The molecule has 0 aliphatic carbocycles. The molecule has 1 heterocycles. The number of amides is 1. The van der Waals surface area contributed by atoms with Crippen molar-refractivity contribution in [3.63, 3.8) is 0 Å². The lowest BCUT2D eigenvalue weighted by atomic mass is 10.1. The minimum absolute atomic E-state index is 0.0117. The van der Waals surface area contributed by atoms with Gasteiger partial charge in [-0.2, -0.15) is 8.42 Å². The van der Waals surface area contributed by atoms with Crippen molar-refractivity contribution in [2.45, 2.75) is 25.7 Å². The molecule has 2 rings (SSSR count). The van der Waals surface area contributed by atoms with Gasteiger partial charge in [0.2, 0.25) is 5.91 Å². The summed E-state index contributed by atoms with van der Waals surface area (Å²) in [5.41, 5.74) is 11.8. The normalized spacial score (nSPS) is 14.8. The molecule has 6 N–H and O–H groups in total. The number of hydrogen-bond acceptors (Lipinski definition) is 6. The standard InChI is InChI=1S/C15H23N5O4S/c16-10-13(21)18-8-3-1-2-4-9-24-12-7-5-6-11-14(12)15(17)20-25(22,23)19-11/h5-7,19H,1-4,8-10,16H2,(H2,17,20)(H,18,21). The Labute approximate surface area is 147 Å². The van der Waals surface area contributed by atoms with Crippen LogP contribution in [0.25, 0.3) is 0 Å². The van der Waals surface area contributed by atoms with Gasteiger partial charge in [-0.3, -0.25) is 9.52 Å². The molecule has 1 aromatic rings. The van der Waals surface area contributed by atoms with Gasteiger partial charge in [-0.25, -0.2) is 0 Å². The van der Waals surface area contributed by atoms with E-state index < -0.39 is 10.2 Å². The predicted molar refractivity (Wildman–Crippen MR) is 95.7 cm³/mol. The zero-order chi connectivity index (χ0) is 18.3. The van der Waals surface area contributed by atoms with Crippen LogP contribution in [0.5, 0.6) is 5.75 Å². The lowest BCUT2D eigenvalue weighted by Crippen LogP contribution is -2.30. The summed E-state index contributed by atoms with van der Waals surface area (Å²) in [4.78, 5) is 11.0.